The summed E-state index contributed by atoms with van der Waals surface area (Å²) in [5.41, 5.74) is 5.32. The molecule has 0 bridgehead atoms. The Morgan fingerprint density at radius 3 is 2.55 bits per heavy atom. The van der Waals surface area contributed by atoms with E-state index < -0.39 is 0 Å². The van der Waals surface area contributed by atoms with Gasteiger partial charge in [-0.2, -0.15) is 5.10 Å². The van der Waals surface area contributed by atoms with Crippen LogP contribution in [-0.4, -0.2) is 32.6 Å². The van der Waals surface area contributed by atoms with Gasteiger partial charge in [0.25, 0.3) is 5.91 Å². The van der Waals surface area contributed by atoms with E-state index in [1.807, 2.05) is 6.08 Å². The normalized spacial score (nSPS) is 21.2. The van der Waals surface area contributed by atoms with Crippen LogP contribution >= 0.6 is 23.1 Å². The quantitative estimate of drug-likeness (QED) is 0.436. The molecule has 0 spiro atoms. The van der Waals surface area contributed by atoms with Crippen LogP contribution in [0.15, 0.2) is 69.1 Å². The van der Waals surface area contributed by atoms with E-state index >= 15 is 0 Å². The van der Waals surface area contributed by atoms with E-state index in [1.54, 1.807) is 34.8 Å². The van der Waals surface area contributed by atoms with Crippen molar-refractivity contribution in [3.63, 3.8) is 0 Å². The van der Waals surface area contributed by atoms with Crippen LogP contribution in [0.1, 0.15) is 36.4 Å². The lowest BCUT2D eigenvalue weighted by Crippen LogP contribution is -2.32. The van der Waals surface area contributed by atoms with E-state index in [2.05, 4.69) is 10.2 Å². The number of allylic oxidation sites excluding steroid dienone is 1. The first-order valence-electron chi connectivity index (χ1n) is 10.6. The van der Waals surface area contributed by atoms with Crippen molar-refractivity contribution in [2.45, 2.75) is 29.6 Å². The zero-order valence-electron chi connectivity index (χ0n) is 17.5. The van der Waals surface area contributed by atoms with Crippen molar-refractivity contribution in [2.24, 2.45) is 11.0 Å². The summed E-state index contributed by atoms with van der Waals surface area (Å²) in [5, 5.41) is 14.2. The third-order valence-electron chi connectivity index (χ3n) is 5.84. The Morgan fingerprint density at radius 1 is 1.12 bits per heavy atom. The van der Waals surface area contributed by atoms with Gasteiger partial charge < -0.3 is 0 Å². The van der Waals surface area contributed by atoms with Gasteiger partial charge in [-0.15, -0.1) is 10.2 Å². The largest absolute Gasteiger partial charge is 0.272 e. The molecular formula is C24H20F2N4OS2. The van der Waals surface area contributed by atoms with Gasteiger partial charge in [-0.05, 0) is 66.3 Å². The molecule has 2 heterocycles. The van der Waals surface area contributed by atoms with E-state index in [4.69, 9.17) is 5.10 Å². The van der Waals surface area contributed by atoms with Crippen molar-refractivity contribution < 1.29 is 13.6 Å². The van der Waals surface area contributed by atoms with Crippen LogP contribution in [0, 0.1) is 17.6 Å². The number of thioether (sulfide) groups is 1. The lowest BCUT2D eigenvalue weighted by molar-refractivity contribution is -0.130. The van der Waals surface area contributed by atoms with Crippen LogP contribution in [-0.2, 0) is 4.79 Å². The average Bonchev–Trinajstić information content (AvgIpc) is 3.48. The third kappa shape index (κ3) is 4.74. The molecule has 2 unspecified atom stereocenters. The molecule has 2 aliphatic rings. The second kappa shape index (κ2) is 9.52. The maximum Gasteiger partial charge on any atom is 0.253 e. The van der Waals surface area contributed by atoms with Gasteiger partial charge in [0.1, 0.15) is 17.1 Å². The highest BCUT2D eigenvalue weighted by atomic mass is 32.2. The second-order valence-corrected chi connectivity index (χ2v) is 9.99. The zero-order chi connectivity index (χ0) is 22.8. The molecule has 2 atom stereocenters. The Hall–Kier alpha value is -2.91. The fraction of sp³-hybridized carbons (Fsp3) is 0.250. The number of carbonyl (C=O) groups is 1. The first kappa shape index (κ1) is 21.9. The SMILES string of the molecule is O=C(CSc1nncs1)N1N=C2/C(=C/c3ccc(F)cc3)CCCC2C1c1ccc(F)cc1. The molecule has 0 radical (unpaired) electrons. The average molecular weight is 483 g/mol. The van der Waals surface area contributed by atoms with E-state index in [1.165, 1.54) is 47.4 Å². The number of nitrogens with zero attached hydrogens (tertiary/aromatic N) is 4. The Bertz CT molecular complexity index is 1190. The Morgan fingerprint density at radius 2 is 1.85 bits per heavy atom. The fourth-order valence-corrected chi connectivity index (χ4v) is 5.72. The summed E-state index contributed by atoms with van der Waals surface area (Å²) < 4.78 is 27.7. The molecule has 1 amide bonds. The molecule has 1 saturated carbocycles. The van der Waals surface area contributed by atoms with Crippen molar-refractivity contribution in [3.8, 4) is 0 Å². The monoisotopic (exact) mass is 482 g/mol. The van der Waals surface area contributed by atoms with Gasteiger partial charge in [0, 0.05) is 5.92 Å². The predicted octanol–water partition coefficient (Wildman–Crippen LogP) is 5.73. The molecule has 5 nitrogen and oxygen atoms in total. The van der Waals surface area contributed by atoms with Gasteiger partial charge in [-0.25, -0.2) is 13.8 Å². The van der Waals surface area contributed by atoms with Gasteiger partial charge in [0.15, 0.2) is 4.34 Å². The number of hydrogen-bond acceptors (Lipinski definition) is 6. The van der Waals surface area contributed by atoms with E-state index in [-0.39, 0.29) is 35.3 Å². The summed E-state index contributed by atoms with van der Waals surface area (Å²) in [5.74, 6) is -0.520. The highest BCUT2D eigenvalue weighted by molar-refractivity contribution is 8.01. The number of halogens is 2. The number of hydrazone groups is 1. The molecule has 168 valence electrons. The Labute approximate surface area is 198 Å². The minimum atomic E-state index is -0.317. The van der Waals surface area contributed by atoms with Crippen molar-refractivity contribution >= 4 is 40.8 Å². The van der Waals surface area contributed by atoms with Crippen molar-refractivity contribution in [2.75, 3.05) is 5.75 Å². The molecule has 5 rings (SSSR count). The standard InChI is InChI=1S/C24H20F2N4OS2/c25-18-8-4-15(5-9-18)12-17-2-1-3-20-22(17)29-30(21(31)13-32-24-28-27-14-33-24)23(20)16-6-10-19(26)11-7-16/h4-12,14,20,23H,1-3,13H2/b17-12+. The summed E-state index contributed by atoms with van der Waals surface area (Å²) in [6.07, 6.45) is 4.70. The van der Waals surface area contributed by atoms with Gasteiger partial charge in [0.05, 0.1) is 17.5 Å². The summed E-state index contributed by atoms with van der Waals surface area (Å²) in [6.45, 7) is 0. The molecule has 3 aromatic rings. The number of aromatic nitrogens is 2. The second-order valence-electron chi connectivity index (χ2n) is 7.93. The van der Waals surface area contributed by atoms with Crippen molar-refractivity contribution in [1.29, 1.82) is 0 Å². The van der Waals surface area contributed by atoms with Gasteiger partial charge >= 0.3 is 0 Å². The minimum Gasteiger partial charge on any atom is -0.272 e. The number of benzene rings is 2. The molecule has 0 N–H and O–H groups in total. The molecular weight excluding hydrogens is 462 g/mol. The third-order valence-corrected chi connectivity index (χ3v) is 7.68. The molecule has 1 aliphatic carbocycles. The highest BCUT2D eigenvalue weighted by Crippen LogP contribution is 2.44. The molecule has 33 heavy (non-hydrogen) atoms. The van der Waals surface area contributed by atoms with Crippen LogP contribution in [0.4, 0.5) is 8.78 Å². The first-order valence-corrected chi connectivity index (χ1v) is 12.5. The topological polar surface area (TPSA) is 58.5 Å². The number of fused-ring (bicyclic) bond motifs is 1. The maximum absolute atomic E-state index is 13.6. The number of rotatable bonds is 5. The van der Waals surface area contributed by atoms with Crippen molar-refractivity contribution in [1.82, 2.24) is 15.2 Å². The van der Waals surface area contributed by atoms with Gasteiger partial charge in [-0.1, -0.05) is 47.4 Å². The Kier molecular flexibility index (Phi) is 6.32. The van der Waals surface area contributed by atoms with Crippen LogP contribution in [0.5, 0.6) is 0 Å². The summed E-state index contributed by atoms with van der Waals surface area (Å²) in [6, 6.07) is 12.4. The fourth-order valence-electron chi connectivity index (χ4n) is 4.38. The molecule has 1 aliphatic heterocycles. The van der Waals surface area contributed by atoms with E-state index in [0.717, 1.165) is 46.0 Å². The summed E-state index contributed by atoms with van der Waals surface area (Å²) in [7, 11) is 0. The summed E-state index contributed by atoms with van der Waals surface area (Å²) >= 11 is 2.72. The molecule has 0 saturated heterocycles. The number of carbonyl (C=O) groups excluding carboxylic acids is 1. The molecule has 1 aromatic heterocycles. The van der Waals surface area contributed by atoms with E-state index in [0.29, 0.717) is 0 Å². The smallest absolute Gasteiger partial charge is 0.253 e. The minimum absolute atomic E-state index is 0.0198. The number of hydrogen-bond donors (Lipinski definition) is 0. The van der Waals surface area contributed by atoms with Gasteiger partial charge in [-0.3, -0.25) is 4.79 Å². The molecule has 1 fully saturated rings. The van der Waals surface area contributed by atoms with Crippen LogP contribution in [0.2, 0.25) is 0 Å². The van der Waals surface area contributed by atoms with Crippen LogP contribution in [0.3, 0.4) is 0 Å². The molecule has 9 heteroatoms. The number of amides is 1. The highest BCUT2D eigenvalue weighted by Gasteiger charge is 2.43. The lowest BCUT2D eigenvalue weighted by Gasteiger charge is -2.29. The van der Waals surface area contributed by atoms with Gasteiger partial charge in [0.2, 0.25) is 0 Å². The first-order chi connectivity index (χ1) is 16.1. The summed E-state index contributed by atoms with van der Waals surface area (Å²) in [4.78, 5) is 13.3. The lowest BCUT2D eigenvalue weighted by atomic mass is 9.77. The van der Waals surface area contributed by atoms with Crippen LogP contribution in [0.25, 0.3) is 6.08 Å². The zero-order valence-corrected chi connectivity index (χ0v) is 19.2. The Balaban J connectivity index is 1.48. The molecule has 2 aromatic carbocycles. The maximum atomic E-state index is 13.6. The van der Waals surface area contributed by atoms with Crippen LogP contribution < -0.4 is 0 Å². The van der Waals surface area contributed by atoms with Crippen molar-refractivity contribution in [3.05, 3.63) is 82.4 Å². The van der Waals surface area contributed by atoms with E-state index in [9.17, 15) is 13.6 Å². The predicted molar refractivity (Wildman–Crippen MR) is 126 cm³/mol.